The fraction of sp³-hybridized carbons (Fsp3) is 0.258. The first-order valence-electron chi connectivity index (χ1n) is 13.5. The number of hydrogen-bond acceptors (Lipinski definition) is 7. The van der Waals surface area contributed by atoms with Crippen LogP contribution in [0.4, 0.5) is 16.4 Å². The lowest BCUT2D eigenvalue weighted by Gasteiger charge is -2.28. The summed E-state index contributed by atoms with van der Waals surface area (Å²) in [7, 11) is 0. The maximum atomic E-state index is 11.4. The lowest BCUT2D eigenvalue weighted by Crippen LogP contribution is -2.37. The Morgan fingerprint density at radius 1 is 1.00 bits per heavy atom. The molecule has 0 bridgehead atoms. The molecule has 1 saturated heterocycles. The van der Waals surface area contributed by atoms with Gasteiger partial charge in [0.1, 0.15) is 5.82 Å². The molecule has 1 fully saturated rings. The third kappa shape index (κ3) is 5.46. The van der Waals surface area contributed by atoms with Gasteiger partial charge in [-0.25, -0.2) is 24.7 Å². The third-order valence-electron chi connectivity index (χ3n) is 7.07. The second kappa shape index (κ2) is 10.6. The van der Waals surface area contributed by atoms with Gasteiger partial charge in [-0.1, -0.05) is 45.0 Å². The predicted molar refractivity (Wildman–Crippen MR) is 160 cm³/mol. The summed E-state index contributed by atoms with van der Waals surface area (Å²) >= 11 is 0. The highest BCUT2D eigenvalue weighted by molar-refractivity contribution is 5.84. The summed E-state index contributed by atoms with van der Waals surface area (Å²) in [5.41, 5.74) is 5.30. The van der Waals surface area contributed by atoms with Gasteiger partial charge in [0, 0.05) is 42.0 Å². The van der Waals surface area contributed by atoms with Crippen LogP contribution in [0, 0.1) is 0 Å². The summed E-state index contributed by atoms with van der Waals surface area (Å²) in [6, 6.07) is 14.1. The van der Waals surface area contributed by atoms with Crippen molar-refractivity contribution >= 4 is 46.4 Å². The Bertz CT molecular complexity index is 1780. The van der Waals surface area contributed by atoms with Crippen LogP contribution in [-0.2, 0) is 10.2 Å². The molecular weight excluding hydrogens is 518 g/mol. The average Bonchev–Trinajstić information content (AvgIpc) is 3.40. The minimum Gasteiger partial charge on any atom is -0.465 e. The molecule has 0 radical (unpaired) electrons. The maximum Gasteiger partial charge on any atom is 0.410 e. The van der Waals surface area contributed by atoms with Crippen LogP contribution in [0.15, 0.2) is 61.1 Å². The van der Waals surface area contributed by atoms with Gasteiger partial charge >= 0.3 is 6.09 Å². The summed E-state index contributed by atoms with van der Waals surface area (Å²) in [5, 5.41) is 12.9. The summed E-state index contributed by atoms with van der Waals surface area (Å²) in [4.78, 5) is 32.6. The lowest BCUT2D eigenvalue weighted by atomic mass is 9.86. The summed E-state index contributed by atoms with van der Waals surface area (Å²) in [5.74, 6) is 1.11. The topological polar surface area (TPSA) is 118 Å². The first-order chi connectivity index (χ1) is 19.8. The van der Waals surface area contributed by atoms with Crippen LogP contribution in [0.3, 0.4) is 0 Å². The van der Waals surface area contributed by atoms with E-state index in [2.05, 4.69) is 21.3 Å². The largest absolute Gasteiger partial charge is 0.465 e. The highest BCUT2D eigenvalue weighted by atomic mass is 16.5. The number of rotatable bonds is 5. The number of amides is 1. The fourth-order valence-electron chi connectivity index (χ4n) is 5.00. The molecule has 41 heavy (non-hydrogen) atoms. The smallest absolute Gasteiger partial charge is 0.410 e. The number of pyridine rings is 2. The highest BCUT2D eigenvalue weighted by Gasteiger charge is 2.24. The zero-order valence-corrected chi connectivity index (χ0v) is 23.2. The minimum absolute atomic E-state index is 0.319. The number of nitrogens with one attached hydrogen (secondary N) is 1. The molecule has 5 heterocycles. The molecule has 0 saturated carbocycles. The molecule has 1 aromatic carbocycles. The molecule has 0 atom stereocenters. The molecule has 10 nitrogen and oxygen atoms in total. The van der Waals surface area contributed by atoms with E-state index in [-0.39, 0.29) is 5.41 Å². The molecule has 5 aromatic rings. The van der Waals surface area contributed by atoms with Crippen molar-refractivity contribution in [3.8, 4) is 11.3 Å². The van der Waals surface area contributed by atoms with Crippen molar-refractivity contribution in [2.24, 2.45) is 0 Å². The first-order valence-corrected chi connectivity index (χ1v) is 13.5. The number of fused-ring (bicyclic) bond motifs is 2. The maximum absolute atomic E-state index is 11.4. The van der Waals surface area contributed by atoms with Crippen LogP contribution in [0.5, 0.6) is 0 Å². The van der Waals surface area contributed by atoms with Gasteiger partial charge in [0.05, 0.1) is 42.0 Å². The van der Waals surface area contributed by atoms with Crippen LogP contribution in [0.25, 0.3) is 40.0 Å². The van der Waals surface area contributed by atoms with E-state index in [1.807, 2.05) is 86.1 Å². The van der Waals surface area contributed by atoms with Crippen LogP contribution < -0.4 is 10.2 Å². The molecule has 6 rings (SSSR count). The Hall–Kier alpha value is -4.83. The number of para-hydroxylation sites is 1. The van der Waals surface area contributed by atoms with Gasteiger partial charge in [-0.2, -0.15) is 0 Å². The molecular formula is C31H31N7O3. The standard InChI is InChI=1S/C31H31N7O3/c1-31(2,3)24-16-21(17-32-27(24)36-30(39)40)26-18-33-28(37-12-14-41-15-13-37)29-35-23(19-38(26)29)11-10-22-9-8-20-6-4-5-7-25(20)34-22/h4-11,16-19H,12-15H2,1-3H3,(H,32,36)(H,39,40). The Kier molecular flexibility index (Phi) is 6.84. The van der Waals surface area contributed by atoms with Crippen molar-refractivity contribution in [1.29, 1.82) is 0 Å². The van der Waals surface area contributed by atoms with E-state index in [1.165, 1.54) is 0 Å². The van der Waals surface area contributed by atoms with Gasteiger partial charge in [0.15, 0.2) is 11.5 Å². The van der Waals surface area contributed by atoms with Crippen molar-refractivity contribution in [2.45, 2.75) is 26.2 Å². The Morgan fingerprint density at radius 3 is 2.56 bits per heavy atom. The number of anilines is 2. The monoisotopic (exact) mass is 549 g/mol. The summed E-state index contributed by atoms with van der Waals surface area (Å²) in [6.07, 6.45) is 8.23. The molecule has 1 aliphatic heterocycles. The van der Waals surface area contributed by atoms with Gasteiger partial charge in [-0.3, -0.25) is 9.72 Å². The zero-order chi connectivity index (χ0) is 28.6. The van der Waals surface area contributed by atoms with E-state index >= 15 is 0 Å². The molecule has 4 aromatic heterocycles. The Morgan fingerprint density at radius 2 is 1.78 bits per heavy atom. The quantitative estimate of drug-likeness (QED) is 0.285. The molecule has 208 valence electrons. The molecule has 0 unspecified atom stereocenters. The third-order valence-corrected chi connectivity index (χ3v) is 7.07. The van der Waals surface area contributed by atoms with Gasteiger partial charge < -0.3 is 14.7 Å². The van der Waals surface area contributed by atoms with Crippen LogP contribution in [0.1, 0.15) is 37.7 Å². The first kappa shape index (κ1) is 26.4. The van der Waals surface area contributed by atoms with E-state index in [9.17, 15) is 9.90 Å². The molecule has 2 N–H and O–H groups in total. The van der Waals surface area contributed by atoms with Crippen molar-refractivity contribution in [2.75, 3.05) is 36.5 Å². The number of ether oxygens (including phenoxy) is 1. The van der Waals surface area contributed by atoms with Crippen molar-refractivity contribution in [3.05, 3.63) is 78.0 Å². The molecule has 0 aliphatic carbocycles. The fourth-order valence-corrected chi connectivity index (χ4v) is 5.00. The molecule has 1 aliphatic rings. The van der Waals surface area contributed by atoms with E-state index in [0.29, 0.717) is 19.0 Å². The highest BCUT2D eigenvalue weighted by Crippen LogP contribution is 2.33. The number of benzene rings is 1. The lowest BCUT2D eigenvalue weighted by molar-refractivity contribution is 0.122. The van der Waals surface area contributed by atoms with Gasteiger partial charge in [0.2, 0.25) is 0 Å². The van der Waals surface area contributed by atoms with Crippen LogP contribution >= 0.6 is 0 Å². The van der Waals surface area contributed by atoms with E-state index in [4.69, 9.17) is 19.7 Å². The predicted octanol–water partition coefficient (Wildman–Crippen LogP) is 5.73. The average molecular weight is 550 g/mol. The zero-order valence-electron chi connectivity index (χ0n) is 23.2. The Balaban J connectivity index is 1.45. The SMILES string of the molecule is CC(C)(C)c1cc(-c2cnc(N3CCOCC3)c3nc(C=Cc4ccc5ccccc5n4)cn23)cnc1NC(=O)O. The second-order valence-electron chi connectivity index (χ2n) is 11.0. The van der Waals surface area contributed by atoms with Crippen molar-refractivity contribution < 1.29 is 14.6 Å². The molecule has 10 heteroatoms. The number of imidazole rings is 1. The van der Waals surface area contributed by atoms with Gasteiger partial charge in [0.25, 0.3) is 0 Å². The summed E-state index contributed by atoms with van der Waals surface area (Å²) < 4.78 is 7.59. The number of hydrogen-bond donors (Lipinski definition) is 2. The number of aromatic nitrogens is 5. The minimum atomic E-state index is -1.15. The van der Waals surface area contributed by atoms with Crippen LogP contribution in [0.2, 0.25) is 0 Å². The molecule has 1 amide bonds. The van der Waals surface area contributed by atoms with Crippen LogP contribution in [-0.4, -0.2) is 61.8 Å². The van der Waals surface area contributed by atoms with Crippen molar-refractivity contribution in [1.82, 2.24) is 24.3 Å². The normalized spacial score (nSPS) is 14.3. The van der Waals surface area contributed by atoms with Gasteiger partial charge in [-0.05, 0) is 35.8 Å². The number of nitrogens with zero attached hydrogens (tertiary/aromatic N) is 6. The number of carbonyl (C=O) groups is 1. The van der Waals surface area contributed by atoms with E-state index in [1.54, 1.807) is 6.20 Å². The number of morpholine rings is 1. The second-order valence-corrected chi connectivity index (χ2v) is 11.0. The Labute approximate surface area is 237 Å². The molecule has 0 spiro atoms. The van der Waals surface area contributed by atoms with Crippen molar-refractivity contribution in [3.63, 3.8) is 0 Å². The van der Waals surface area contributed by atoms with E-state index < -0.39 is 6.09 Å². The number of carboxylic acid groups (broad SMARTS) is 1. The summed E-state index contributed by atoms with van der Waals surface area (Å²) in [6.45, 7) is 8.80. The van der Waals surface area contributed by atoms with E-state index in [0.717, 1.165) is 63.7 Å². The van der Waals surface area contributed by atoms with Gasteiger partial charge in [-0.15, -0.1) is 0 Å².